The van der Waals surface area contributed by atoms with Gasteiger partial charge in [0, 0.05) is 0 Å². The molecule has 0 N–H and O–H groups in total. The van der Waals surface area contributed by atoms with E-state index in [0.717, 1.165) is 77.0 Å². The van der Waals surface area contributed by atoms with Crippen molar-refractivity contribution in [1.82, 2.24) is 0 Å². The molecule has 0 saturated carbocycles. The molecule has 0 radical (unpaired) electrons. The first-order chi connectivity index (χ1) is 28.4. The second-order valence-electron chi connectivity index (χ2n) is 16.4. The predicted molar refractivity (Wildman–Crippen MR) is 238 cm³/mol. The van der Waals surface area contributed by atoms with E-state index < -0.39 is 23.9 Å². The van der Waals surface area contributed by atoms with Crippen molar-refractivity contribution in [2.45, 2.75) is 233 Å². The first-order valence-corrected chi connectivity index (χ1v) is 24.3. The van der Waals surface area contributed by atoms with Crippen LogP contribution in [0.3, 0.4) is 0 Å². The molecular weight excluding hydrogens is 729 g/mol. The van der Waals surface area contributed by atoms with Crippen LogP contribution in [0.15, 0.2) is 12.1 Å². The molecule has 334 valence electrons. The van der Waals surface area contributed by atoms with Crippen molar-refractivity contribution < 1.29 is 38.1 Å². The SMILES string of the molecule is CCCCCCCCCCOC(=O)c1ccc(C(=O)OCCCCCCCCCC)c(C(=O)OCCCCCCCCCC)c1C(=O)OCCCCCCCCCC. The third-order valence-electron chi connectivity index (χ3n) is 11.0. The third kappa shape index (κ3) is 26.3. The molecule has 1 rings (SSSR count). The fourth-order valence-electron chi connectivity index (χ4n) is 7.27. The fourth-order valence-corrected chi connectivity index (χ4v) is 7.27. The minimum atomic E-state index is -0.835. The maximum absolute atomic E-state index is 14.0. The highest BCUT2D eigenvalue weighted by Gasteiger charge is 2.33. The zero-order valence-electron chi connectivity index (χ0n) is 37.9. The number of hydrogen-bond donors (Lipinski definition) is 0. The Labute approximate surface area is 355 Å². The molecular formula is C50H86O8. The van der Waals surface area contributed by atoms with E-state index in [1.165, 1.54) is 115 Å². The minimum absolute atomic E-state index is 0.0980. The maximum Gasteiger partial charge on any atom is 0.339 e. The lowest BCUT2D eigenvalue weighted by Crippen LogP contribution is -2.24. The zero-order chi connectivity index (χ0) is 42.3. The minimum Gasteiger partial charge on any atom is -0.462 e. The number of carbonyl (C=O) groups excluding carboxylic acids is 4. The molecule has 0 saturated heterocycles. The molecule has 0 aliphatic carbocycles. The summed E-state index contributed by atoms with van der Waals surface area (Å²) >= 11 is 0. The smallest absolute Gasteiger partial charge is 0.339 e. The molecule has 1 aromatic carbocycles. The molecule has 0 aliphatic heterocycles. The zero-order valence-corrected chi connectivity index (χ0v) is 37.9. The van der Waals surface area contributed by atoms with Crippen LogP contribution in [0, 0.1) is 0 Å². The summed E-state index contributed by atoms with van der Waals surface area (Å²) in [7, 11) is 0. The van der Waals surface area contributed by atoms with Gasteiger partial charge in [0.1, 0.15) is 0 Å². The molecule has 0 amide bonds. The van der Waals surface area contributed by atoms with Crippen LogP contribution in [0.5, 0.6) is 0 Å². The highest BCUT2D eigenvalue weighted by Crippen LogP contribution is 2.25. The molecule has 0 bridgehead atoms. The average Bonchev–Trinajstić information content (AvgIpc) is 3.23. The van der Waals surface area contributed by atoms with Crippen LogP contribution >= 0.6 is 0 Å². The van der Waals surface area contributed by atoms with Gasteiger partial charge in [-0.25, -0.2) is 19.2 Å². The molecule has 1 aromatic rings. The van der Waals surface area contributed by atoms with Crippen LogP contribution in [0.4, 0.5) is 0 Å². The summed E-state index contributed by atoms with van der Waals surface area (Å²) in [5.41, 5.74) is -0.746. The lowest BCUT2D eigenvalue weighted by Gasteiger charge is -2.17. The summed E-state index contributed by atoms with van der Waals surface area (Å²) in [4.78, 5) is 55.2. The van der Waals surface area contributed by atoms with Gasteiger partial charge in [-0.2, -0.15) is 0 Å². The Morgan fingerprint density at radius 3 is 0.707 bits per heavy atom. The summed E-state index contributed by atoms with van der Waals surface area (Å²) in [5.74, 6) is -3.12. The van der Waals surface area contributed by atoms with E-state index in [0.29, 0.717) is 25.7 Å². The Balaban J connectivity index is 3.18. The van der Waals surface area contributed by atoms with E-state index in [1.807, 2.05) is 0 Å². The van der Waals surface area contributed by atoms with Gasteiger partial charge in [-0.1, -0.05) is 207 Å². The first-order valence-electron chi connectivity index (χ1n) is 24.3. The lowest BCUT2D eigenvalue weighted by atomic mass is 9.95. The second kappa shape index (κ2) is 38.3. The predicted octanol–water partition coefficient (Wildman–Crippen LogP) is 14.9. The van der Waals surface area contributed by atoms with Crippen molar-refractivity contribution in [2.24, 2.45) is 0 Å². The molecule has 0 aromatic heterocycles. The Hall–Kier alpha value is -2.90. The van der Waals surface area contributed by atoms with E-state index in [-0.39, 0.29) is 48.7 Å². The summed E-state index contributed by atoms with van der Waals surface area (Å²) in [6.45, 7) is 9.49. The fraction of sp³-hybridized carbons (Fsp3) is 0.800. The summed E-state index contributed by atoms with van der Waals surface area (Å²) in [6.07, 6.45) is 34.9. The van der Waals surface area contributed by atoms with E-state index >= 15 is 0 Å². The average molecular weight is 815 g/mol. The van der Waals surface area contributed by atoms with Crippen molar-refractivity contribution in [3.8, 4) is 0 Å². The summed E-state index contributed by atoms with van der Waals surface area (Å²) in [5, 5.41) is 0. The number of unbranched alkanes of at least 4 members (excludes halogenated alkanes) is 28. The Kier molecular flexibility index (Phi) is 35.1. The molecule has 0 heterocycles. The standard InChI is InChI=1S/C50H86O8/c1-5-9-13-17-21-25-29-33-39-55-47(51)43-37-38-44(48(52)56-40-34-30-26-22-18-14-10-6-2)46(50(54)58-42-36-32-28-24-20-16-12-8-4)45(43)49(53)57-41-35-31-27-23-19-15-11-7-3/h37-38H,5-36,39-42H2,1-4H3. The van der Waals surface area contributed by atoms with E-state index in [4.69, 9.17) is 18.9 Å². The molecule has 0 spiro atoms. The number of hydrogen-bond acceptors (Lipinski definition) is 8. The highest BCUT2D eigenvalue weighted by atomic mass is 16.5. The van der Waals surface area contributed by atoms with Crippen LogP contribution in [0.2, 0.25) is 0 Å². The molecule has 0 atom stereocenters. The van der Waals surface area contributed by atoms with Crippen molar-refractivity contribution in [2.75, 3.05) is 26.4 Å². The van der Waals surface area contributed by atoms with Crippen molar-refractivity contribution in [3.63, 3.8) is 0 Å². The third-order valence-corrected chi connectivity index (χ3v) is 11.0. The van der Waals surface area contributed by atoms with Gasteiger partial charge in [0.25, 0.3) is 0 Å². The van der Waals surface area contributed by atoms with Crippen LogP contribution in [-0.4, -0.2) is 50.3 Å². The maximum atomic E-state index is 14.0. The van der Waals surface area contributed by atoms with Gasteiger partial charge in [-0.05, 0) is 37.8 Å². The van der Waals surface area contributed by atoms with Gasteiger partial charge in [0.05, 0.1) is 48.7 Å². The van der Waals surface area contributed by atoms with Crippen LogP contribution in [-0.2, 0) is 18.9 Å². The van der Waals surface area contributed by atoms with Crippen LogP contribution < -0.4 is 0 Å². The first kappa shape index (κ1) is 53.1. The molecule has 58 heavy (non-hydrogen) atoms. The number of benzene rings is 1. The van der Waals surface area contributed by atoms with Crippen molar-refractivity contribution in [1.29, 1.82) is 0 Å². The highest BCUT2D eigenvalue weighted by molar-refractivity contribution is 6.15. The Morgan fingerprint density at radius 1 is 0.293 bits per heavy atom. The monoisotopic (exact) mass is 815 g/mol. The number of carbonyl (C=O) groups is 4. The molecule has 8 nitrogen and oxygen atoms in total. The van der Waals surface area contributed by atoms with Crippen LogP contribution in [0.25, 0.3) is 0 Å². The van der Waals surface area contributed by atoms with E-state index in [9.17, 15) is 19.2 Å². The van der Waals surface area contributed by atoms with Gasteiger partial charge in [0.2, 0.25) is 0 Å². The molecule has 0 aliphatic rings. The normalized spacial score (nSPS) is 11.1. The van der Waals surface area contributed by atoms with Crippen LogP contribution in [0.1, 0.15) is 275 Å². The molecule has 0 fully saturated rings. The Morgan fingerprint density at radius 2 is 0.483 bits per heavy atom. The topological polar surface area (TPSA) is 105 Å². The van der Waals surface area contributed by atoms with Crippen molar-refractivity contribution >= 4 is 23.9 Å². The lowest BCUT2D eigenvalue weighted by molar-refractivity contribution is 0.0415. The number of rotatable bonds is 40. The largest absolute Gasteiger partial charge is 0.462 e. The molecule has 8 heteroatoms. The number of ether oxygens (including phenoxy) is 4. The van der Waals surface area contributed by atoms with Gasteiger partial charge in [-0.3, -0.25) is 0 Å². The van der Waals surface area contributed by atoms with E-state index in [1.54, 1.807) is 0 Å². The quantitative estimate of drug-likeness (QED) is 0.0366. The second-order valence-corrected chi connectivity index (χ2v) is 16.4. The van der Waals surface area contributed by atoms with Gasteiger partial charge < -0.3 is 18.9 Å². The summed E-state index contributed by atoms with van der Waals surface area (Å²) < 4.78 is 22.8. The van der Waals surface area contributed by atoms with Gasteiger partial charge in [-0.15, -0.1) is 0 Å². The Bertz CT molecular complexity index is 1100. The van der Waals surface area contributed by atoms with E-state index in [2.05, 4.69) is 27.7 Å². The van der Waals surface area contributed by atoms with Crippen molar-refractivity contribution in [3.05, 3.63) is 34.4 Å². The van der Waals surface area contributed by atoms with Gasteiger partial charge >= 0.3 is 23.9 Å². The summed E-state index contributed by atoms with van der Waals surface area (Å²) in [6, 6.07) is 2.79. The van der Waals surface area contributed by atoms with Gasteiger partial charge in [0.15, 0.2) is 0 Å². The molecule has 0 unspecified atom stereocenters. The number of esters is 4.